The smallest absolute Gasteiger partial charge is 0.316 e. The minimum absolute atomic E-state index is 0. The third-order valence-corrected chi connectivity index (χ3v) is 0. The molecule has 46 valence electrons. The Labute approximate surface area is 95.7 Å². The fraction of sp³-hybridized carbons (Fsp3) is 0. The van der Waals surface area contributed by atoms with Crippen molar-refractivity contribution in [2.75, 3.05) is 0 Å². The number of rotatable bonds is 0. The van der Waals surface area contributed by atoms with Crippen molar-refractivity contribution in [3.05, 3.63) is 0 Å². The summed E-state index contributed by atoms with van der Waals surface area (Å²) in [6, 6.07) is 0. The summed E-state index contributed by atoms with van der Waals surface area (Å²) in [7, 11) is -4.67. The van der Waals surface area contributed by atoms with Crippen LogP contribution in [0.5, 0.6) is 0 Å². The van der Waals surface area contributed by atoms with Crippen LogP contribution >= 0.6 is 0 Å². The first-order valence-electron chi connectivity index (χ1n) is 0.698. The summed E-state index contributed by atoms with van der Waals surface area (Å²) in [6.07, 6.45) is 0. The molecule has 0 aromatic rings. The van der Waals surface area contributed by atoms with Crippen LogP contribution < -0.4 is 0 Å². The van der Waals surface area contributed by atoms with Crippen molar-refractivity contribution >= 4 is 79.6 Å². The van der Waals surface area contributed by atoms with Crippen molar-refractivity contribution in [1.82, 2.24) is 0 Å². The van der Waals surface area contributed by atoms with E-state index in [1.165, 1.54) is 0 Å². The van der Waals surface area contributed by atoms with Crippen LogP contribution in [-0.2, 0) is 10.4 Å². The molecule has 2 N–H and O–H groups in total. The van der Waals surface area contributed by atoms with Crippen molar-refractivity contribution < 1.29 is 17.5 Å². The van der Waals surface area contributed by atoms with Crippen LogP contribution in [0.15, 0.2) is 0 Å². The van der Waals surface area contributed by atoms with E-state index in [4.69, 9.17) is 17.5 Å². The van der Waals surface area contributed by atoms with E-state index in [0.717, 1.165) is 0 Å². The predicted molar refractivity (Wildman–Crippen MR) is 41.2 cm³/mol. The fourth-order valence-electron chi connectivity index (χ4n) is 0. The van der Waals surface area contributed by atoms with Gasteiger partial charge >= 0.3 is 71.2 Å². The Morgan fingerprint density at radius 1 is 1.12 bits per heavy atom. The van der Waals surface area contributed by atoms with E-state index in [0.29, 0.717) is 0 Å². The van der Waals surface area contributed by atoms with Gasteiger partial charge in [-0.2, -0.15) is 8.42 Å². The van der Waals surface area contributed by atoms with Crippen LogP contribution in [0.1, 0.15) is 0 Å². The molecule has 0 rings (SSSR count). The largest absolute Gasteiger partial charge is 0.316 e. The van der Waals surface area contributed by atoms with Crippen LogP contribution in [0.3, 0.4) is 0 Å². The average Bonchev–Trinajstić information content (AvgIpc) is 0.722. The van der Waals surface area contributed by atoms with Gasteiger partial charge in [0, 0.05) is 0 Å². The van der Waals surface area contributed by atoms with Gasteiger partial charge in [-0.15, -0.1) is 0 Å². The molecule has 0 aromatic heterocycles. The summed E-state index contributed by atoms with van der Waals surface area (Å²) in [5.74, 6) is 0. The molecule has 0 atom stereocenters. The third-order valence-electron chi connectivity index (χ3n) is 0. The SMILES string of the molecule is B.O=S(=O)(O)O.[CaH2].[MgH2]. The molecule has 8 heteroatoms. The summed E-state index contributed by atoms with van der Waals surface area (Å²) >= 11 is 0. The molecule has 8 heavy (non-hydrogen) atoms. The van der Waals surface area contributed by atoms with Gasteiger partial charge in [0.05, 0.1) is 8.41 Å². The standard InChI is InChI=1S/BH3.Ca.Mg.H2O4S.4H/c;;;1-5(2,3)4;;;;/h1H3;;;(H2,1,2,3,4);;;;. The Hall–Kier alpha value is 1.96. The van der Waals surface area contributed by atoms with Gasteiger partial charge in [-0.05, 0) is 0 Å². The number of hydrogen-bond donors (Lipinski definition) is 2. The molecule has 0 bridgehead atoms. The Bertz CT molecular complexity index is 99.2. The van der Waals surface area contributed by atoms with Crippen molar-refractivity contribution in [1.29, 1.82) is 0 Å². The molecular weight excluding hydrogens is 171 g/mol. The second-order valence-electron chi connectivity index (χ2n) is 0.448. The molecule has 0 amide bonds. The van der Waals surface area contributed by atoms with Crippen LogP contribution in [0, 0.1) is 0 Å². The molecule has 0 heterocycles. The second kappa shape index (κ2) is 8.96. The topological polar surface area (TPSA) is 74.6 Å². The molecule has 0 radical (unpaired) electrons. The first-order valence-corrected chi connectivity index (χ1v) is 2.10. The van der Waals surface area contributed by atoms with E-state index >= 15 is 0 Å². The number of hydrogen-bond acceptors (Lipinski definition) is 2. The fourth-order valence-corrected chi connectivity index (χ4v) is 0. The van der Waals surface area contributed by atoms with Crippen LogP contribution in [0.25, 0.3) is 0 Å². The van der Waals surface area contributed by atoms with Gasteiger partial charge in [-0.3, -0.25) is 9.11 Å². The second-order valence-corrected chi connectivity index (χ2v) is 1.34. The molecule has 0 saturated heterocycles. The van der Waals surface area contributed by atoms with Gasteiger partial charge in [0.2, 0.25) is 0 Å². The average molecular weight is 180 g/mol. The van der Waals surface area contributed by atoms with Crippen molar-refractivity contribution in [2.45, 2.75) is 0 Å². The summed E-state index contributed by atoms with van der Waals surface area (Å²) in [4.78, 5) is 0. The molecule has 0 spiro atoms. The van der Waals surface area contributed by atoms with Crippen molar-refractivity contribution in [2.24, 2.45) is 0 Å². The van der Waals surface area contributed by atoms with Crippen LogP contribution in [0.2, 0.25) is 0 Å². The van der Waals surface area contributed by atoms with Crippen LogP contribution in [-0.4, -0.2) is 86.7 Å². The zero-order valence-electron chi connectivity index (χ0n) is 2.12. The third kappa shape index (κ3) is 100. The Balaban J connectivity index is -0.0000000267. The van der Waals surface area contributed by atoms with E-state index in [-0.39, 0.29) is 69.2 Å². The maximum Gasteiger partial charge on any atom is 0.316 e. The minimum Gasteiger partial charge on any atom is 0.316 e. The molecule has 0 saturated carbocycles. The molecular formula is H9BCaMgO4S. The molecule has 0 aliphatic rings. The quantitative estimate of drug-likeness (QED) is 0.298. The molecule has 0 aromatic carbocycles. The monoisotopic (exact) mass is 180 g/mol. The van der Waals surface area contributed by atoms with Gasteiger partial charge < -0.3 is 0 Å². The Kier molecular flexibility index (Phi) is 25.2. The van der Waals surface area contributed by atoms with E-state index in [1.807, 2.05) is 0 Å². The summed E-state index contributed by atoms with van der Waals surface area (Å²) in [5.41, 5.74) is 0. The molecule has 0 unspecified atom stereocenters. The molecule has 0 aliphatic heterocycles. The normalized spacial score (nSPS) is 7.25. The Morgan fingerprint density at radius 3 is 1.12 bits per heavy atom. The van der Waals surface area contributed by atoms with E-state index < -0.39 is 10.4 Å². The van der Waals surface area contributed by atoms with Gasteiger partial charge in [-0.25, -0.2) is 0 Å². The van der Waals surface area contributed by atoms with E-state index in [9.17, 15) is 0 Å². The van der Waals surface area contributed by atoms with E-state index in [1.54, 1.807) is 0 Å². The molecule has 0 aliphatic carbocycles. The molecule has 0 fully saturated rings. The zero-order valence-corrected chi connectivity index (χ0v) is 2.94. The van der Waals surface area contributed by atoms with Gasteiger partial charge in [0.1, 0.15) is 0 Å². The van der Waals surface area contributed by atoms with Gasteiger partial charge in [0.25, 0.3) is 0 Å². The van der Waals surface area contributed by atoms with Crippen LogP contribution in [0.4, 0.5) is 0 Å². The minimum atomic E-state index is -4.67. The summed E-state index contributed by atoms with van der Waals surface area (Å²) < 4.78 is 31.6. The predicted octanol–water partition coefficient (Wildman–Crippen LogP) is -3.67. The first-order chi connectivity index (χ1) is 2.00. The van der Waals surface area contributed by atoms with Crippen molar-refractivity contribution in [3.63, 3.8) is 0 Å². The maximum atomic E-state index is 8.74. The van der Waals surface area contributed by atoms with Crippen molar-refractivity contribution in [3.8, 4) is 0 Å². The zero-order chi connectivity index (χ0) is 4.50. The summed E-state index contributed by atoms with van der Waals surface area (Å²) in [5, 5.41) is 0. The maximum absolute atomic E-state index is 8.74. The Morgan fingerprint density at radius 2 is 1.12 bits per heavy atom. The van der Waals surface area contributed by atoms with Gasteiger partial charge in [-0.1, -0.05) is 0 Å². The van der Waals surface area contributed by atoms with Gasteiger partial charge in [0.15, 0.2) is 0 Å². The first kappa shape index (κ1) is 22.5. The van der Waals surface area contributed by atoms with E-state index in [2.05, 4.69) is 0 Å². The molecule has 4 nitrogen and oxygen atoms in total. The summed E-state index contributed by atoms with van der Waals surface area (Å²) in [6.45, 7) is 0.